The highest BCUT2D eigenvalue weighted by atomic mass is 16.5. The van der Waals surface area contributed by atoms with Crippen molar-refractivity contribution in [3.8, 4) is 0 Å². The molecular weight excluding hydrogens is 162 g/mol. The summed E-state index contributed by atoms with van der Waals surface area (Å²) in [5.74, 6) is 0. The number of hydrogen-bond donors (Lipinski definition) is 0. The van der Waals surface area contributed by atoms with Crippen molar-refractivity contribution in [3.63, 3.8) is 0 Å². The first-order valence-electron chi connectivity index (χ1n) is 4.75. The summed E-state index contributed by atoms with van der Waals surface area (Å²) in [5.41, 5.74) is -0.308. The predicted molar refractivity (Wildman–Crippen MR) is 57.7 cm³/mol. The van der Waals surface area contributed by atoms with E-state index in [2.05, 4.69) is 32.3 Å². The molecule has 0 aliphatic heterocycles. The van der Waals surface area contributed by atoms with Gasteiger partial charge in [-0.3, -0.25) is 4.90 Å². The molecule has 0 aromatic rings. The van der Waals surface area contributed by atoms with Gasteiger partial charge < -0.3 is 4.74 Å². The van der Waals surface area contributed by atoms with Gasteiger partial charge in [0.25, 0.3) is 0 Å². The van der Waals surface area contributed by atoms with E-state index in [-0.39, 0.29) is 5.72 Å². The van der Waals surface area contributed by atoms with E-state index in [4.69, 9.17) is 4.74 Å². The molecule has 0 bridgehead atoms. The minimum absolute atomic E-state index is 0.308. The first-order chi connectivity index (χ1) is 6.14. The van der Waals surface area contributed by atoms with Gasteiger partial charge in [-0.15, -0.1) is 0 Å². The zero-order chi connectivity index (χ0) is 10.3. The van der Waals surface area contributed by atoms with Crippen LogP contribution in [0, 0.1) is 0 Å². The van der Waals surface area contributed by atoms with Crippen LogP contribution in [-0.4, -0.2) is 30.8 Å². The van der Waals surface area contributed by atoms with Gasteiger partial charge in [0, 0.05) is 7.11 Å². The number of rotatable bonds is 6. The SMILES string of the molecule is C=C/C=C\C(C)(OC)N(CC)CC. The van der Waals surface area contributed by atoms with Crippen LogP contribution >= 0.6 is 0 Å². The quantitative estimate of drug-likeness (QED) is 0.463. The molecule has 0 rings (SSSR count). The van der Waals surface area contributed by atoms with E-state index in [1.54, 1.807) is 13.2 Å². The minimum Gasteiger partial charge on any atom is -0.360 e. The Bertz CT molecular complexity index is 173. The lowest BCUT2D eigenvalue weighted by Gasteiger charge is -2.36. The lowest BCUT2D eigenvalue weighted by Crippen LogP contribution is -2.46. The summed E-state index contributed by atoms with van der Waals surface area (Å²) in [6, 6.07) is 0. The molecule has 0 aromatic heterocycles. The normalized spacial score (nSPS) is 16.4. The van der Waals surface area contributed by atoms with Crippen LogP contribution in [-0.2, 0) is 4.74 Å². The third-order valence-corrected chi connectivity index (χ3v) is 2.35. The zero-order valence-electron chi connectivity index (χ0n) is 9.21. The molecule has 0 fully saturated rings. The minimum atomic E-state index is -0.308. The maximum Gasteiger partial charge on any atom is 0.137 e. The molecule has 1 unspecified atom stereocenters. The fourth-order valence-corrected chi connectivity index (χ4v) is 1.40. The molecule has 76 valence electrons. The molecular formula is C11H21NO. The van der Waals surface area contributed by atoms with Gasteiger partial charge in [-0.1, -0.05) is 32.6 Å². The van der Waals surface area contributed by atoms with Crippen molar-refractivity contribution in [3.05, 3.63) is 24.8 Å². The Hall–Kier alpha value is -0.600. The molecule has 0 amide bonds. The van der Waals surface area contributed by atoms with Gasteiger partial charge in [-0.05, 0) is 26.1 Å². The van der Waals surface area contributed by atoms with Gasteiger partial charge in [0.05, 0.1) is 0 Å². The second kappa shape index (κ2) is 5.95. The van der Waals surface area contributed by atoms with Gasteiger partial charge in [0.1, 0.15) is 5.72 Å². The molecule has 1 atom stereocenters. The van der Waals surface area contributed by atoms with E-state index in [1.165, 1.54) is 0 Å². The fourth-order valence-electron chi connectivity index (χ4n) is 1.40. The predicted octanol–water partition coefficient (Wildman–Crippen LogP) is 2.43. The first kappa shape index (κ1) is 12.4. The Labute approximate surface area is 81.9 Å². The van der Waals surface area contributed by atoms with Gasteiger partial charge in [0.15, 0.2) is 0 Å². The van der Waals surface area contributed by atoms with Crippen molar-refractivity contribution in [2.75, 3.05) is 20.2 Å². The number of ether oxygens (including phenoxy) is 1. The van der Waals surface area contributed by atoms with E-state index in [9.17, 15) is 0 Å². The third-order valence-electron chi connectivity index (χ3n) is 2.35. The maximum atomic E-state index is 5.48. The van der Waals surface area contributed by atoms with E-state index < -0.39 is 0 Å². The highest BCUT2D eigenvalue weighted by Gasteiger charge is 2.25. The van der Waals surface area contributed by atoms with Gasteiger partial charge in [-0.2, -0.15) is 0 Å². The van der Waals surface area contributed by atoms with Crippen LogP contribution in [0.1, 0.15) is 20.8 Å². The smallest absolute Gasteiger partial charge is 0.137 e. The molecule has 0 saturated heterocycles. The van der Waals surface area contributed by atoms with Crippen molar-refractivity contribution in [2.24, 2.45) is 0 Å². The molecule has 13 heavy (non-hydrogen) atoms. The summed E-state index contributed by atoms with van der Waals surface area (Å²) in [4.78, 5) is 2.24. The van der Waals surface area contributed by atoms with Gasteiger partial charge in [0.2, 0.25) is 0 Å². The van der Waals surface area contributed by atoms with Crippen LogP contribution in [0.2, 0.25) is 0 Å². The summed E-state index contributed by atoms with van der Waals surface area (Å²) < 4.78 is 5.48. The molecule has 0 N–H and O–H groups in total. The average molecular weight is 183 g/mol. The van der Waals surface area contributed by atoms with Crippen molar-refractivity contribution in [2.45, 2.75) is 26.5 Å². The highest BCUT2D eigenvalue weighted by Crippen LogP contribution is 2.17. The molecule has 0 spiro atoms. The summed E-state index contributed by atoms with van der Waals surface area (Å²) in [6.07, 6.45) is 5.70. The van der Waals surface area contributed by atoms with Crippen molar-refractivity contribution >= 4 is 0 Å². The Balaban J connectivity index is 4.57. The molecule has 0 aliphatic rings. The molecule has 0 aliphatic carbocycles. The van der Waals surface area contributed by atoms with E-state index >= 15 is 0 Å². The average Bonchev–Trinajstić information content (AvgIpc) is 2.16. The summed E-state index contributed by atoms with van der Waals surface area (Å²) in [7, 11) is 1.73. The Morgan fingerprint density at radius 2 is 1.92 bits per heavy atom. The highest BCUT2D eigenvalue weighted by molar-refractivity contribution is 5.06. The lowest BCUT2D eigenvalue weighted by atomic mass is 10.2. The molecule has 0 heterocycles. The number of methoxy groups -OCH3 is 1. The summed E-state index contributed by atoms with van der Waals surface area (Å²) in [5, 5.41) is 0. The largest absolute Gasteiger partial charge is 0.360 e. The number of likely N-dealkylation sites (N-methyl/N-ethyl adjacent to an activating group) is 1. The van der Waals surface area contributed by atoms with Crippen molar-refractivity contribution < 1.29 is 4.74 Å². The first-order valence-corrected chi connectivity index (χ1v) is 4.75. The fraction of sp³-hybridized carbons (Fsp3) is 0.636. The molecule has 0 aromatic carbocycles. The molecule has 2 nitrogen and oxygen atoms in total. The Morgan fingerprint density at radius 1 is 1.38 bits per heavy atom. The van der Waals surface area contributed by atoms with Crippen LogP contribution in [0.3, 0.4) is 0 Å². The Kier molecular flexibility index (Phi) is 5.67. The summed E-state index contributed by atoms with van der Waals surface area (Å²) in [6.45, 7) is 11.9. The third kappa shape index (κ3) is 3.33. The summed E-state index contributed by atoms with van der Waals surface area (Å²) >= 11 is 0. The van der Waals surface area contributed by atoms with Crippen LogP contribution < -0.4 is 0 Å². The zero-order valence-corrected chi connectivity index (χ0v) is 9.21. The number of allylic oxidation sites excluding steroid dienone is 2. The number of nitrogens with zero attached hydrogens (tertiary/aromatic N) is 1. The number of hydrogen-bond acceptors (Lipinski definition) is 2. The van der Waals surface area contributed by atoms with Crippen LogP contribution in [0.15, 0.2) is 24.8 Å². The maximum absolute atomic E-state index is 5.48. The topological polar surface area (TPSA) is 12.5 Å². The molecule has 2 heteroatoms. The van der Waals surface area contributed by atoms with Crippen molar-refractivity contribution in [1.29, 1.82) is 0 Å². The second-order valence-corrected chi connectivity index (χ2v) is 3.03. The molecule has 0 radical (unpaired) electrons. The van der Waals surface area contributed by atoms with Crippen LogP contribution in [0.5, 0.6) is 0 Å². The second-order valence-electron chi connectivity index (χ2n) is 3.03. The van der Waals surface area contributed by atoms with E-state index in [0.717, 1.165) is 13.1 Å². The molecule has 0 saturated carbocycles. The standard InChI is InChI=1S/C11H21NO/c1-6-9-10-11(4,13-5)12(7-2)8-3/h6,9-10H,1,7-8H2,2-5H3/b10-9-. The monoisotopic (exact) mass is 183 g/mol. The van der Waals surface area contributed by atoms with Gasteiger partial charge >= 0.3 is 0 Å². The Morgan fingerprint density at radius 3 is 2.23 bits per heavy atom. The van der Waals surface area contributed by atoms with Gasteiger partial charge in [-0.25, -0.2) is 0 Å². The van der Waals surface area contributed by atoms with Crippen LogP contribution in [0.25, 0.3) is 0 Å². The van der Waals surface area contributed by atoms with E-state index in [0.29, 0.717) is 0 Å². The lowest BCUT2D eigenvalue weighted by molar-refractivity contribution is -0.0803. The van der Waals surface area contributed by atoms with Crippen LogP contribution in [0.4, 0.5) is 0 Å². The van der Waals surface area contributed by atoms with E-state index in [1.807, 2.05) is 12.2 Å². The van der Waals surface area contributed by atoms with Crippen molar-refractivity contribution in [1.82, 2.24) is 4.90 Å².